The van der Waals surface area contributed by atoms with Crippen LogP contribution in [0.5, 0.6) is 0 Å². The maximum atomic E-state index is 5.56. The molecule has 0 aliphatic heterocycles. The van der Waals surface area contributed by atoms with Gasteiger partial charge in [0.2, 0.25) is 0 Å². The Bertz CT molecular complexity index is 406. The molecule has 0 N–H and O–H groups in total. The van der Waals surface area contributed by atoms with Crippen LogP contribution in [-0.4, -0.2) is 9.97 Å². The van der Waals surface area contributed by atoms with E-state index in [0.29, 0.717) is 5.92 Å². The van der Waals surface area contributed by atoms with E-state index in [2.05, 4.69) is 9.97 Å². The third-order valence-electron chi connectivity index (χ3n) is 1.93. The number of pyridine rings is 1. The fourth-order valence-corrected chi connectivity index (χ4v) is 1.18. The number of oxazole rings is 1. The second-order valence-electron chi connectivity index (χ2n) is 3.43. The molecule has 0 atom stereocenters. The van der Waals surface area contributed by atoms with Gasteiger partial charge in [-0.15, -0.1) is 0 Å². The van der Waals surface area contributed by atoms with Gasteiger partial charge in [0, 0.05) is 12.1 Å². The molecule has 3 heteroatoms. The van der Waals surface area contributed by atoms with Crippen molar-refractivity contribution in [2.75, 3.05) is 0 Å². The van der Waals surface area contributed by atoms with E-state index < -0.39 is 0 Å². The van der Waals surface area contributed by atoms with Crippen molar-refractivity contribution in [1.82, 2.24) is 9.97 Å². The monoisotopic (exact) mass is 188 g/mol. The maximum absolute atomic E-state index is 5.56. The van der Waals surface area contributed by atoms with Crippen LogP contribution in [0.25, 0.3) is 11.5 Å². The molecule has 2 aromatic rings. The molecule has 0 aliphatic rings. The number of hydrogen-bond acceptors (Lipinski definition) is 3. The highest BCUT2D eigenvalue weighted by Crippen LogP contribution is 2.21. The number of aromatic nitrogens is 2. The zero-order valence-corrected chi connectivity index (χ0v) is 8.27. The Morgan fingerprint density at radius 2 is 2.07 bits per heavy atom. The minimum absolute atomic E-state index is 0.312. The Labute approximate surface area is 82.8 Å². The van der Waals surface area contributed by atoms with Crippen LogP contribution in [0.2, 0.25) is 0 Å². The van der Waals surface area contributed by atoms with Crippen LogP contribution in [0.15, 0.2) is 35.0 Å². The number of nitrogens with zero attached hydrogens (tertiary/aromatic N) is 2. The van der Waals surface area contributed by atoms with Crippen LogP contribution in [0.1, 0.15) is 25.7 Å². The van der Waals surface area contributed by atoms with Gasteiger partial charge in [-0.3, -0.25) is 4.98 Å². The van der Waals surface area contributed by atoms with Crippen LogP contribution >= 0.6 is 0 Å². The zero-order valence-electron chi connectivity index (χ0n) is 8.27. The minimum atomic E-state index is 0.312. The number of hydrogen-bond donors (Lipinski definition) is 0. The Balaban J connectivity index is 2.34. The van der Waals surface area contributed by atoms with Crippen molar-refractivity contribution in [2.24, 2.45) is 0 Å². The summed E-state index contributed by atoms with van der Waals surface area (Å²) in [6.07, 6.45) is 3.46. The summed E-state index contributed by atoms with van der Waals surface area (Å²) in [4.78, 5) is 8.37. The van der Waals surface area contributed by atoms with Crippen molar-refractivity contribution in [1.29, 1.82) is 0 Å². The highest BCUT2D eigenvalue weighted by atomic mass is 16.4. The lowest BCUT2D eigenvalue weighted by molar-refractivity contribution is 0.480. The van der Waals surface area contributed by atoms with Crippen LogP contribution < -0.4 is 0 Å². The smallest absolute Gasteiger partial charge is 0.197 e. The molecule has 2 rings (SSSR count). The molecule has 2 aromatic heterocycles. The van der Waals surface area contributed by atoms with E-state index in [4.69, 9.17) is 4.42 Å². The molecule has 0 spiro atoms. The van der Waals surface area contributed by atoms with Gasteiger partial charge in [0.15, 0.2) is 11.7 Å². The first-order chi connectivity index (χ1) is 6.77. The Hall–Kier alpha value is -1.64. The van der Waals surface area contributed by atoms with E-state index >= 15 is 0 Å². The minimum Gasteiger partial charge on any atom is -0.439 e. The van der Waals surface area contributed by atoms with Crippen molar-refractivity contribution in [3.05, 3.63) is 36.5 Å². The maximum Gasteiger partial charge on any atom is 0.197 e. The zero-order chi connectivity index (χ0) is 9.97. The summed E-state index contributed by atoms with van der Waals surface area (Å²) in [6.45, 7) is 4.10. The summed E-state index contributed by atoms with van der Waals surface area (Å²) in [7, 11) is 0. The van der Waals surface area contributed by atoms with Crippen molar-refractivity contribution in [3.63, 3.8) is 0 Å². The molecule has 3 nitrogen and oxygen atoms in total. The fourth-order valence-electron chi connectivity index (χ4n) is 1.18. The molecular weight excluding hydrogens is 176 g/mol. The Morgan fingerprint density at radius 1 is 1.21 bits per heavy atom. The lowest BCUT2D eigenvalue weighted by atomic mass is 10.2. The number of rotatable bonds is 2. The summed E-state index contributed by atoms with van der Waals surface area (Å²) in [5, 5.41) is 0. The average Bonchev–Trinajstić information content (AvgIpc) is 2.68. The predicted molar refractivity (Wildman–Crippen MR) is 53.8 cm³/mol. The average molecular weight is 188 g/mol. The standard InChI is InChI=1S/C11H12N2O/c1-8(2)11-13-7-10(14-11)9-5-3-4-6-12-9/h3-8H,1-2H3. The Morgan fingerprint density at radius 3 is 2.64 bits per heavy atom. The van der Waals surface area contributed by atoms with E-state index in [-0.39, 0.29) is 0 Å². The van der Waals surface area contributed by atoms with E-state index in [0.717, 1.165) is 17.3 Å². The van der Waals surface area contributed by atoms with Crippen molar-refractivity contribution in [3.8, 4) is 11.5 Å². The quantitative estimate of drug-likeness (QED) is 0.727. The molecule has 14 heavy (non-hydrogen) atoms. The van der Waals surface area contributed by atoms with Crippen LogP contribution in [0, 0.1) is 0 Å². The third kappa shape index (κ3) is 1.66. The first-order valence-corrected chi connectivity index (χ1v) is 4.64. The molecule has 0 amide bonds. The molecule has 0 saturated carbocycles. The highest BCUT2D eigenvalue weighted by Gasteiger charge is 2.09. The SMILES string of the molecule is CC(C)c1ncc(-c2ccccn2)o1. The molecule has 0 saturated heterocycles. The van der Waals surface area contributed by atoms with Gasteiger partial charge in [0.1, 0.15) is 5.69 Å². The molecule has 0 aromatic carbocycles. The van der Waals surface area contributed by atoms with E-state index in [1.165, 1.54) is 0 Å². The summed E-state index contributed by atoms with van der Waals surface area (Å²) < 4.78 is 5.56. The second-order valence-corrected chi connectivity index (χ2v) is 3.43. The normalized spacial score (nSPS) is 10.8. The van der Waals surface area contributed by atoms with Gasteiger partial charge in [-0.2, -0.15) is 0 Å². The first kappa shape index (κ1) is 8.94. The molecule has 0 aliphatic carbocycles. The van der Waals surface area contributed by atoms with Crippen LogP contribution in [-0.2, 0) is 0 Å². The molecule has 0 unspecified atom stereocenters. The molecule has 0 fully saturated rings. The fraction of sp³-hybridized carbons (Fsp3) is 0.273. The topological polar surface area (TPSA) is 38.9 Å². The lowest BCUT2D eigenvalue weighted by Crippen LogP contribution is -1.84. The first-order valence-electron chi connectivity index (χ1n) is 4.64. The van der Waals surface area contributed by atoms with E-state index in [1.54, 1.807) is 12.4 Å². The van der Waals surface area contributed by atoms with Crippen LogP contribution in [0.3, 0.4) is 0 Å². The van der Waals surface area contributed by atoms with Gasteiger partial charge in [0.25, 0.3) is 0 Å². The highest BCUT2D eigenvalue weighted by molar-refractivity contribution is 5.49. The van der Waals surface area contributed by atoms with Crippen molar-refractivity contribution in [2.45, 2.75) is 19.8 Å². The largest absolute Gasteiger partial charge is 0.439 e. The van der Waals surface area contributed by atoms with Gasteiger partial charge in [-0.25, -0.2) is 4.98 Å². The lowest BCUT2D eigenvalue weighted by Gasteiger charge is -1.96. The van der Waals surface area contributed by atoms with Crippen molar-refractivity contribution >= 4 is 0 Å². The summed E-state index contributed by atoms with van der Waals surface area (Å²) in [6, 6.07) is 5.72. The van der Waals surface area contributed by atoms with E-state index in [1.807, 2.05) is 32.0 Å². The molecule has 72 valence electrons. The molecule has 2 heterocycles. The van der Waals surface area contributed by atoms with E-state index in [9.17, 15) is 0 Å². The van der Waals surface area contributed by atoms with Gasteiger partial charge in [0.05, 0.1) is 6.20 Å². The van der Waals surface area contributed by atoms with Crippen LogP contribution in [0.4, 0.5) is 0 Å². The summed E-state index contributed by atoms with van der Waals surface area (Å²) >= 11 is 0. The molecular formula is C11H12N2O. The van der Waals surface area contributed by atoms with Gasteiger partial charge >= 0.3 is 0 Å². The summed E-state index contributed by atoms with van der Waals surface area (Å²) in [5.41, 5.74) is 0.826. The van der Waals surface area contributed by atoms with Gasteiger partial charge < -0.3 is 4.42 Å². The Kier molecular flexibility index (Phi) is 2.31. The molecule has 0 radical (unpaired) electrons. The molecule has 0 bridgehead atoms. The predicted octanol–water partition coefficient (Wildman–Crippen LogP) is 2.86. The third-order valence-corrected chi connectivity index (χ3v) is 1.93. The van der Waals surface area contributed by atoms with Crippen molar-refractivity contribution < 1.29 is 4.42 Å². The van der Waals surface area contributed by atoms with Gasteiger partial charge in [-0.05, 0) is 12.1 Å². The van der Waals surface area contributed by atoms with Gasteiger partial charge in [-0.1, -0.05) is 19.9 Å². The second kappa shape index (κ2) is 3.62. The summed E-state index contributed by atoms with van der Waals surface area (Å²) in [5.74, 6) is 1.80.